The molecule has 2 aromatic carbocycles. The van der Waals surface area contributed by atoms with E-state index in [1.165, 1.54) is 7.11 Å². The van der Waals surface area contributed by atoms with E-state index in [0.29, 0.717) is 18.9 Å². The fourth-order valence-corrected chi connectivity index (χ4v) is 2.48. The van der Waals surface area contributed by atoms with E-state index in [-0.39, 0.29) is 0 Å². The van der Waals surface area contributed by atoms with Crippen LogP contribution in [0.3, 0.4) is 0 Å². The maximum Gasteiger partial charge on any atom is 0.374 e. The minimum Gasteiger partial charge on any atom is -0.463 e. The van der Waals surface area contributed by atoms with Crippen LogP contribution in [0.25, 0.3) is 11.0 Å². The number of carbonyl (C=O) groups excluding carboxylic acids is 1. The number of nitrogens with two attached hydrogens (primary N) is 1. The molecule has 1 heterocycles. The summed E-state index contributed by atoms with van der Waals surface area (Å²) in [6.07, 6.45) is 0. The number of hydrogen-bond acceptors (Lipinski definition) is 4. The summed E-state index contributed by atoms with van der Waals surface area (Å²) in [5.41, 5.74) is 9.38. The predicted molar refractivity (Wildman–Crippen MR) is 84.5 cm³/mol. The smallest absolute Gasteiger partial charge is 0.374 e. The van der Waals surface area contributed by atoms with Gasteiger partial charge >= 0.3 is 5.97 Å². The van der Waals surface area contributed by atoms with Crippen molar-refractivity contribution in [1.29, 1.82) is 0 Å². The first kappa shape index (κ1) is 14.3. The molecule has 22 heavy (non-hydrogen) atoms. The lowest BCUT2D eigenvalue weighted by Gasteiger charge is -2.08. The van der Waals surface area contributed by atoms with Crippen molar-refractivity contribution in [3.05, 3.63) is 65.5 Å². The van der Waals surface area contributed by atoms with Crippen LogP contribution < -0.4 is 5.73 Å². The van der Waals surface area contributed by atoms with Crippen molar-refractivity contribution in [2.75, 3.05) is 7.11 Å². The fourth-order valence-electron chi connectivity index (χ4n) is 2.48. The maximum absolute atomic E-state index is 12.0. The molecule has 5 nitrogen and oxygen atoms in total. The van der Waals surface area contributed by atoms with Crippen molar-refractivity contribution in [2.45, 2.75) is 13.1 Å². The maximum atomic E-state index is 12.0. The molecule has 3 rings (SSSR count). The Hall–Kier alpha value is -2.66. The van der Waals surface area contributed by atoms with Gasteiger partial charge in [0.25, 0.3) is 0 Å². The van der Waals surface area contributed by atoms with E-state index in [0.717, 1.165) is 22.2 Å². The molecule has 0 aliphatic rings. The molecule has 0 aliphatic heterocycles. The number of benzene rings is 2. The van der Waals surface area contributed by atoms with E-state index < -0.39 is 5.97 Å². The van der Waals surface area contributed by atoms with Gasteiger partial charge in [-0.05, 0) is 23.3 Å². The fraction of sp³-hybridized carbons (Fsp3) is 0.176. The molecular formula is C17H17N3O2. The number of hydrogen-bond donors (Lipinski definition) is 1. The summed E-state index contributed by atoms with van der Waals surface area (Å²) >= 11 is 0. The third-order valence-electron chi connectivity index (χ3n) is 3.60. The largest absolute Gasteiger partial charge is 0.463 e. The van der Waals surface area contributed by atoms with Gasteiger partial charge in [0, 0.05) is 13.1 Å². The Labute approximate surface area is 128 Å². The van der Waals surface area contributed by atoms with Crippen molar-refractivity contribution in [1.82, 2.24) is 9.55 Å². The number of nitrogens with zero attached hydrogens (tertiary/aromatic N) is 2. The number of carbonyl (C=O) groups is 1. The Kier molecular flexibility index (Phi) is 3.89. The van der Waals surface area contributed by atoms with Crippen LogP contribution in [0.4, 0.5) is 0 Å². The van der Waals surface area contributed by atoms with E-state index >= 15 is 0 Å². The Morgan fingerprint density at radius 1 is 1.18 bits per heavy atom. The molecule has 0 saturated carbocycles. The average molecular weight is 295 g/mol. The van der Waals surface area contributed by atoms with Gasteiger partial charge in [-0.15, -0.1) is 0 Å². The van der Waals surface area contributed by atoms with Crippen LogP contribution in [0.5, 0.6) is 0 Å². The number of fused-ring (bicyclic) bond motifs is 1. The zero-order valence-corrected chi connectivity index (χ0v) is 12.3. The summed E-state index contributed by atoms with van der Waals surface area (Å²) in [5.74, 6) is -0.142. The van der Waals surface area contributed by atoms with Crippen molar-refractivity contribution < 1.29 is 9.53 Å². The van der Waals surface area contributed by atoms with Crippen molar-refractivity contribution >= 4 is 17.0 Å². The van der Waals surface area contributed by atoms with Crippen LogP contribution >= 0.6 is 0 Å². The lowest BCUT2D eigenvalue weighted by atomic mass is 10.2. The molecule has 0 aliphatic carbocycles. The normalized spacial score (nSPS) is 10.8. The topological polar surface area (TPSA) is 70.1 Å². The highest BCUT2D eigenvalue weighted by atomic mass is 16.5. The molecule has 0 amide bonds. The third-order valence-corrected chi connectivity index (χ3v) is 3.60. The monoisotopic (exact) mass is 295 g/mol. The Morgan fingerprint density at radius 3 is 2.64 bits per heavy atom. The first-order valence-electron chi connectivity index (χ1n) is 7.04. The van der Waals surface area contributed by atoms with Crippen LogP contribution in [-0.4, -0.2) is 22.6 Å². The molecule has 0 fully saturated rings. The Bertz CT molecular complexity index is 809. The molecule has 3 aromatic rings. The highest BCUT2D eigenvalue weighted by Gasteiger charge is 2.18. The average Bonchev–Trinajstić information content (AvgIpc) is 2.92. The molecule has 2 N–H and O–H groups in total. The molecule has 0 saturated heterocycles. The van der Waals surface area contributed by atoms with E-state index in [4.69, 9.17) is 10.5 Å². The summed E-state index contributed by atoms with van der Waals surface area (Å²) < 4.78 is 6.73. The summed E-state index contributed by atoms with van der Waals surface area (Å²) in [7, 11) is 1.36. The molecule has 112 valence electrons. The van der Waals surface area contributed by atoms with Gasteiger partial charge in [0.05, 0.1) is 18.1 Å². The van der Waals surface area contributed by atoms with Gasteiger partial charge in [0.2, 0.25) is 5.82 Å². The first-order valence-corrected chi connectivity index (χ1v) is 7.04. The van der Waals surface area contributed by atoms with Gasteiger partial charge in [-0.3, -0.25) is 0 Å². The highest BCUT2D eigenvalue weighted by molar-refractivity contribution is 5.91. The molecular weight excluding hydrogens is 278 g/mol. The number of aromatic nitrogens is 2. The summed E-state index contributed by atoms with van der Waals surface area (Å²) in [6, 6.07) is 15.7. The van der Waals surface area contributed by atoms with Crippen LogP contribution in [0, 0.1) is 0 Å². The van der Waals surface area contributed by atoms with Crippen molar-refractivity contribution in [3.8, 4) is 0 Å². The van der Waals surface area contributed by atoms with E-state index in [9.17, 15) is 4.79 Å². The zero-order valence-electron chi connectivity index (χ0n) is 12.3. The summed E-state index contributed by atoms with van der Waals surface area (Å²) in [5, 5.41) is 0. The molecule has 0 bridgehead atoms. The third kappa shape index (κ3) is 2.58. The molecule has 0 atom stereocenters. The quantitative estimate of drug-likeness (QED) is 0.750. The van der Waals surface area contributed by atoms with Gasteiger partial charge in [0.1, 0.15) is 0 Å². The summed E-state index contributed by atoms with van der Waals surface area (Å²) in [4.78, 5) is 16.4. The van der Waals surface area contributed by atoms with Gasteiger partial charge in [-0.1, -0.05) is 36.4 Å². The Morgan fingerprint density at radius 2 is 1.95 bits per heavy atom. The van der Waals surface area contributed by atoms with Gasteiger partial charge in [-0.25, -0.2) is 9.78 Å². The highest BCUT2D eigenvalue weighted by Crippen LogP contribution is 2.20. The van der Waals surface area contributed by atoms with Crippen LogP contribution in [-0.2, 0) is 17.8 Å². The van der Waals surface area contributed by atoms with Gasteiger partial charge in [-0.2, -0.15) is 0 Å². The standard InChI is InChI=1S/C17H17N3O2/c1-22-17(21)16-19-14-9-13(10-18)7-8-15(14)20(16)11-12-5-3-2-4-6-12/h2-9H,10-11,18H2,1H3. The number of imidazole rings is 1. The van der Waals surface area contributed by atoms with Crippen molar-refractivity contribution in [3.63, 3.8) is 0 Å². The number of ether oxygens (including phenoxy) is 1. The molecule has 0 unspecified atom stereocenters. The molecule has 5 heteroatoms. The van der Waals surface area contributed by atoms with Crippen LogP contribution in [0.1, 0.15) is 21.7 Å². The lowest BCUT2D eigenvalue weighted by molar-refractivity contribution is 0.0582. The van der Waals surface area contributed by atoms with Crippen LogP contribution in [0.2, 0.25) is 0 Å². The second kappa shape index (κ2) is 5.99. The van der Waals surface area contributed by atoms with E-state index in [1.54, 1.807) is 0 Å². The predicted octanol–water partition coefficient (Wildman–Crippen LogP) is 2.33. The minimum absolute atomic E-state index is 0.301. The van der Waals surface area contributed by atoms with Crippen molar-refractivity contribution in [2.24, 2.45) is 5.73 Å². The molecule has 0 spiro atoms. The second-order valence-electron chi connectivity index (χ2n) is 5.03. The zero-order chi connectivity index (χ0) is 15.5. The van der Waals surface area contributed by atoms with E-state index in [2.05, 4.69) is 4.98 Å². The first-order chi connectivity index (χ1) is 10.7. The summed E-state index contributed by atoms with van der Waals surface area (Å²) in [6.45, 7) is 0.999. The SMILES string of the molecule is COC(=O)c1nc2cc(CN)ccc2n1Cc1ccccc1. The molecule has 1 aromatic heterocycles. The van der Waals surface area contributed by atoms with Gasteiger partial charge < -0.3 is 15.0 Å². The number of esters is 1. The number of methoxy groups -OCH3 is 1. The lowest BCUT2D eigenvalue weighted by Crippen LogP contribution is -2.12. The minimum atomic E-state index is -0.443. The van der Waals surface area contributed by atoms with Crippen LogP contribution in [0.15, 0.2) is 48.5 Å². The number of rotatable bonds is 4. The van der Waals surface area contributed by atoms with Gasteiger partial charge in [0.15, 0.2) is 0 Å². The second-order valence-corrected chi connectivity index (χ2v) is 5.03. The molecule has 0 radical (unpaired) electrons. The Balaban J connectivity index is 2.14. The van der Waals surface area contributed by atoms with E-state index in [1.807, 2.05) is 53.1 Å².